The molecule has 0 aliphatic carbocycles. The molecule has 5 heteroatoms. The number of anilines is 1. The van der Waals surface area contributed by atoms with Gasteiger partial charge in [0.25, 0.3) is 0 Å². The molecule has 0 saturated carbocycles. The molecule has 2 heterocycles. The molecule has 112 valence electrons. The molecule has 1 aromatic carbocycles. The van der Waals surface area contributed by atoms with E-state index in [-0.39, 0.29) is 0 Å². The van der Waals surface area contributed by atoms with Crippen molar-refractivity contribution in [1.82, 2.24) is 15.5 Å². The van der Waals surface area contributed by atoms with E-state index < -0.39 is 0 Å². The van der Waals surface area contributed by atoms with Crippen LogP contribution in [0.5, 0.6) is 0 Å². The fourth-order valence-corrected chi connectivity index (χ4v) is 2.81. The molecule has 1 fully saturated rings. The summed E-state index contributed by atoms with van der Waals surface area (Å²) < 4.78 is 5.66. The third kappa shape index (κ3) is 3.14. The fraction of sp³-hybridized carbons (Fsp3) is 0.500. The number of fused-ring (bicyclic) bond motifs is 1. The Kier molecular flexibility index (Phi) is 4.62. The molecule has 1 aliphatic heterocycles. The summed E-state index contributed by atoms with van der Waals surface area (Å²) in [6.07, 6.45) is 3.02. The lowest BCUT2D eigenvalue weighted by atomic mass is 10.1. The van der Waals surface area contributed by atoms with Crippen LogP contribution >= 0.6 is 0 Å². The number of hydrogen-bond acceptors (Lipinski definition) is 5. The van der Waals surface area contributed by atoms with Crippen LogP contribution < -0.4 is 10.2 Å². The highest BCUT2D eigenvalue weighted by molar-refractivity contribution is 5.90. The van der Waals surface area contributed by atoms with Gasteiger partial charge in [-0.2, -0.15) is 10.2 Å². The van der Waals surface area contributed by atoms with Gasteiger partial charge in [-0.1, -0.05) is 25.1 Å². The van der Waals surface area contributed by atoms with Gasteiger partial charge in [0.2, 0.25) is 0 Å². The van der Waals surface area contributed by atoms with Crippen molar-refractivity contribution < 1.29 is 4.74 Å². The topological polar surface area (TPSA) is 50.3 Å². The van der Waals surface area contributed by atoms with Crippen molar-refractivity contribution in [3.8, 4) is 0 Å². The van der Waals surface area contributed by atoms with E-state index >= 15 is 0 Å². The Balaban J connectivity index is 1.87. The zero-order valence-electron chi connectivity index (χ0n) is 12.5. The minimum Gasteiger partial charge on any atom is -0.377 e. The van der Waals surface area contributed by atoms with Crippen molar-refractivity contribution in [2.24, 2.45) is 0 Å². The lowest BCUT2D eigenvalue weighted by molar-refractivity contribution is 0.0939. The second-order valence-corrected chi connectivity index (χ2v) is 5.37. The summed E-state index contributed by atoms with van der Waals surface area (Å²) in [5.41, 5.74) is 2.11. The van der Waals surface area contributed by atoms with Crippen LogP contribution in [-0.2, 0) is 4.74 Å². The zero-order valence-corrected chi connectivity index (χ0v) is 12.5. The van der Waals surface area contributed by atoms with Gasteiger partial charge in [0.05, 0.1) is 36.7 Å². The lowest BCUT2D eigenvalue weighted by Crippen LogP contribution is -2.50. The first-order valence-corrected chi connectivity index (χ1v) is 7.65. The Morgan fingerprint density at radius 3 is 3.19 bits per heavy atom. The molecule has 21 heavy (non-hydrogen) atoms. The Labute approximate surface area is 125 Å². The first-order valence-electron chi connectivity index (χ1n) is 7.65. The van der Waals surface area contributed by atoms with E-state index in [0.717, 1.165) is 55.9 Å². The summed E-state index contributed by atoms with van der Waals surface area (Å²) in [4.78, 5) is 2.41. The van der Waals surface area contributed by atoms with Crippen LogP contribution in [0.15, 0.2) is 30.5 Å². The van der Waals surface area contributed by atoms with Crippen molar-refractivity contribution >= 4 is 16.6 Å². The van der Waals surface area contributed by atoms with Crippen LogP contribution in [0, 0.1) is 0 Å². The SMILES string of the molecule is CCCNCC1COCCN1c1cnnc2ccccc12. The molecule has 1 aromatic heterocycles. The molecule has 5 nitrogen and oxygen atoms in total. The summed E-state index contributed by atoms with van der Waals surface area (Å²) in [7, 11) is 0. The number of ether oxygens (including phenoxy) is 1. The number of benzene rings is 1. The first-order chi connectivity index (χ1) is 10.4. The maximum Gasteiger partial charge on any atom is 0.0950 e. The van der Waals surface area contributed by atoms with E-state index in [1.54, 1.807) is 0 Å². The number of hydrogen-bond donors (Lipinski definition) is 1. The average molecular weight is 286 g/mol. The predicted octanol–water partition coefficient (Wildman–Crippen LogP) is 1.83. The molecule has 0 amide bonds. The van der Waals surface area contributed by atoms with Crippen molar-refractivity contribution in [1.29, 1.82) is 0 Å². The lowest BCUT2D eigenvalue weighted by Gasteiger charge is -2.37. The van der Waals surface area contributed by atoms with Crippen molar-refractivity contribution in [2.45, 2.75) is 19.4 Å². The monoisotopic (exact) mass is 286 g/mol. The Morgan fingerprint density at radius 1 is 1.38 bits per heavy atom. The molecule has 0 bridgehead atoms. The van der Waals surface area contributed by atoms with Crippen molar-refractivity contribution in [2.75, 3.05) is 37.7 Å². The summed E-state index contributed by atoms with van der Waals surface area (Å²) in [6, 6.07) is 8.53. The van der Waals surface area contributed by atoms with Crippen LogP contribution in [0.2, 0.25) is 0 Å². The first kappa shape index (κ1) is 14.2. The molecule has 3 rings (SSSR count). The number of nitrogens with zero attached hydrogens (tertiary/aromatic N) is 3. The molecule has 0 spiro atoms. The summed E-state index contributed by atoms with van der Waals surface area (Å²) in [5.74, 6) is 0. The van der Waals surface area contributed by atoms with E-state index in [2.05, 4.69) is 39.5 Å². The maximum absolute atomic E-state index is 5.66. The Hall–Kier alpha value is -1.72. The van der Waals surface area contributed by atoms with E-state index in [9.17, 15) is 0 Å². The van der Waals surface area contributed by atoms with Gasteiger partial charge in [-0.3, -0.25) is 0 Å². The molecule has 1 aliphatic rings. The van der Waals surface area contributed by atoms with E-state index in [1.807, 2.05) is 18.3 Å². The van der Waals surface area contributed by atoms with Gasteiger partial charge in [-0.25, -0.2) is 0 Å². The van der Waals surface area contributed by atoms with Crippen LogP contribution in [0.25, 0.3) is 10.9 Å². The van der Waals surface area contributed by atoms with Gasteiger partial charge >= 0.3 is 0 Å². The van der Waals surface area contributed by atoms with Gasteiger partial charge in [-0.15, -0.1) is 0 Å². The molecule has 2 aromatic rings. The van der Waals surface area contributed by atoms with Crippen molar-refractivity contribution in [3.05, 3.63) is 30.5 Å². The zero-order chi connectivity index (χ0) is 14.5. The van der Waals surface area contributed by atoms with Crippen LogP contribution in [-0.4, -0.2) is 49.1 Å². The molecule has 1 N–H and O–H groups in total. The highest BCUT2D eigenvalue weighted by Crippen LogP contribution is 2.26. The highest BCUT2D eigenvalue weighted by atomic mass is 16.5. The maximum atomic E-state index is 5.66. The van der Waals surface area contributed by atoms with Gasteiger partial charge in [-0.05, 0) is 19.0 Å². The summed E-state index contributed by atoms with van der Waals surface area (Å²) >= 11 is 0. The number of nitrogens with one attached hydrogen (secondary N) is 1. The Bertz CT molecular complexity index is 584. The molecule has 1 atom stereocenters. The minimum absolute atomic E-state index is 0.345. The van der Waals surface area contributed by atoms with E-state index in [4.69, 9.17) is 4.74 Å². The molecule has 1 saturated heterocycles. The minimum atomic E-state index is 0.345. The van der Waals surface area contributed by atoms with E-state index in [1.165, 1.54) is 0 Å². The summed E-state index contributed by atoms with van der Waals surface area (Å²) in [6.45, 7) is 6.58. The fourth-order valence-electron chi connectivity index (χ4n) is 2.81. The summed E-state index contributed by atoms with van der Waals surface area (Å²) in [5, 5.41) is 13.0. The third-order valence-corrected chi connectivity index (χ3v) is 3.87. The second-order valence-electron chi connectivity index (χ2n) is 5.37. The average Bonchev–Trinajstić information content (AvgIpc) is 2.55. The van der Waals surface area contributed by atoms with Gasteiger partial charge in [0.1, 0.15) is 0 Å². The van der Waals surface area contributed by atoms with Gasteiger partial charge in [0.15, 0.2) is 0 Å². The highest BCUT2D eigenvalue weighted by Gasteiger charge is 2.24. The quantitative estimate of drug-likeness (QED) is 0.850. The predicted molar refractivity (Wildman–Crippen MR) is 84.7 cm³/mol. The van der Waals surface area contributed by atoms with Crippen LogP contribution in [0.4, 0.5) is 5.69 Å². The molecular formula is C16H22N4O. The smallest absolute Gasteiger partial charge is 0.0950 e. The van der Waals surface area contributed by atoms with E-state index in [0.29, 0.717) is 6.04 Å². The molecule has 1 unspecified atom stereocenters. The number of rotatable bonds is 5. The van der Waals surface area contributed by atoms with Gasteiger partial charge in [0, 0.05) is 18.5 Å². The van der Waals surface area contributed by atoms with Gasteiger partial charge < -0.3 is 15.0 Å². The largest absolute Gasteiger partial charge is 0.377 e. The molecule has 0 radical (unpaired) electrons. The number of morpholine rings is 1. The number of aromatic nitrogens is 2. The Morgan fingerprint density at radius 2 is 2.29 bits per heavy atom. The van der Waals surface area contributed by atoms with Crippen molar-refractivity contribution in [3.63, 3.8) is 0 Å². The standard InChI is InChI=1S/C16H22N4O/c1-2-7-17-10-13-12-21-9-8-20(13)16-11-18-19-15-6-4-3-5-14(15)16/h3-6,11,13,17H,2,7-10,12H2,1H3. The normalized spacial score (nSPS) is 19.1. The molecular weight excluding hydrogens is 264 g/mol. The second kappa shape index (κ2) is 6.83. The third-order valence-electron chi connectivity index (χ3n) is 3.87. The van der Waals surface area contributed by atoms with Crippen LogP contribution in [0.1, 0.15) is 13.3 Å². The van der Waals surface area contributed by atoms with Crippen LogP contribution in [0.3, 0.4) is 0 Å².